The van der Waals surface area contributed by atoms with Gasteiger partial charge in [-0.25, -0.2) is 8.42 Å². The van der Waals surface area contributed by atoms with Crippen LogP contribution in [0.2, 0.25) is 0 Å². The largest absolute Gasteiger partial charge is 0.382 e. The van der Waals surface area contributed by atoms with Crippen LogP contribution in [0.3, 0.4) is 0 Å². The molecule has 3 amide bonds. The number of carbonyl (C=O) groups excluding carboxylic acids is 3. The maximum atomic E-state index is 13.4. The first-order valence-corrected chi connectivity index (χ1v) is 14.6. The smallest absolute Gasteiger partial charge is 0.245 e. The van der Waals surface area contributed by atoms with Crippen LogP contribution in [0.1, 0.15) is 17.5 Å². The van der Waals surface area contributed by atoms with Gasteiger partial charge in [-0.3, -0.25) is 14.4 Å². The summed E-state index contributed by atoms with van der Waals surface area (Å²) in [7, 11) is -2.79. The van der Waals surface area contributed by atoms with Crippen LogP contribution in [0.5, 0.6) is 0 Å². The van der Waals surface area contributed by atoms with Crippen LogP contribution in [0.25, 0.3) is 10.8 Å². The van der Waals surface area contributed by atoms with E-state index in [1.807, 2.05) is 49.4 Å². The number of carbonyl (C=O) groups is 3. The zero-order chi connectivity index (χ0) is 29.4. The van der Waals surface area contributed by atoms with Crippen LogP contribution in [-0.2, 0) is 40.4 Å². The molecule has 1 fully saturated rings. The summed E-state index contributed by atoms with van der Waals surface area (Å²) in [6, 6.07) is 16.8. The second-order valence-corrected chi connectivity index (χ2v) is 11.6. The van der Waals surface area contributed by atoms with E-state index in [-0.39, 0.29) is 24.1 Å². The molecular weight excluding hydrogens is 548 g/mol. The Hall–Kier alpha value is -3.84. The fourth-order valence-corrected chi connectivity index (χ4v) is 5.52. The van der Waals surface area contributed by atoms with Crippen molar-refractivity contribution in [3.63, 3.8) is 0 Å². The van der Waals surface area contributed by atoms with Gasteiger partial charge in [-0.2, -0.15) is 4.72 Å². The second-order valence-electron chi connectivity index (χ2n) is 9.87. The Morgan fingerprint density at radius 3 is 2.34 bits per heavy atom. The predicted octanol–water partition coefficient (Wildman–Crippen LogP) is 1.15. The number of benzene rings is 3. The third-order valence-corrected chi connectivity index (χ3v) is 8.12. The van der Waals surface area contributed by atoms with E-state index >= 15 is 0 Å². The second kappa shape index (κ2) is 13.7. The lowest BCUT2D eigenvalue weighted by molar-refractivity contribution is -0.133. The Balaban J connectivity index is 1.47. The molecule has 1 heterocycles. The SMILES string of the molecule is COCC(NC(=O)[C@H](CC(=O)NC1COC1)NS(=O)(=O)c1ccc(C)cc1)C(=O)NCc1cccc2ccccc12. The highest BCUT2D eigenvalue weighted by Gasteiger charge is 2.32. The number of nitrogens with one attached hydrogen (secondary N) is 4. The number of methoxy groups -OCH3 is 1. The zero-order valence-electron chi connectivity index (χ0n) is 22.9. The topological polar surface area (TPSA) is 152 Å². The molecule has 0 spiro atoms. The van der Waals surface area contributed by atoms with Crippen molar-refractivity contribution < 1.29 is 32.3 Å². The average molecular weight is 583 g/mol. The molecule has 0 aromatic heterocycles. The van der Waals surface area contributed by atoms with Crippen molar-refractivity contribution in [3.05, 3.63) is 77.9 Å². The standard InChI is InChI=1S/C29H34N4O7S/c1-19-10-12-23(13-11-19)41(37,38)33-25(14-27(34)31-22-16-40-17-22)29(36)32-26(18-39-2)28(35)30-15-21-8-5-7-20-6-3-4-9-24(20)21/h3-13,22,25-26,33H,14-18H2,1-2H3,(H,30,35)(H,31,34)(H,32,36)/t25-,26?/m0/s1. The Labute approximate surface area is 239 Å². The highest BCUT2D eigenvalue weighted by molar-refractivity contribution is 7.89. The Kier molecular flexibility index (Phi) is 10.1. The molecular formula is C29H34N4O7S. The van der Waals surface area contributed by atoms with E-state index < -0.39 is 46.2 Å². The number of fused-ring (bicyclic) bond motifs is 1. The fourth-order valence-electron chi connectivity index (χ4n) is 4.33. The zero-order valence-corrected chi connectivity index (χ0v) is 23.7. The van der Waals surface area contributed by atoms with Gasteiger partial charge in [0.2, 0.25) is 27.7 Å². The van der Waals surface area contributed by atoms with Gasteiger partial charge in [0.05, 0.1) is 37.2 Å². The molecule has 0 saturated carbocycles. The normalized spacial score (nSPS) is 15.0. The van der Waals surface area contributed by atoms with Gasteiger partial charge < -0.3 is 25.4 Å². The van der Waals surface area contributed by atoms with Gasteiger partial charge in [0, 0.05) is 13.7 Å². The summed E-state index contributed by atoms with van der Waals surface area (Å²) in [6.45, 7) is 2.52. The first-order chi connectivity index (χ1) is 19.7. The van der Waals surface area contributed by atoms with Crippen molar-refractivity contribution in [2.24, 2.45) is 0 Å². The van der Waals surface area contributed by atoms with Gasteiger partial charge in [0.1, 0.15) is 12.1 Å². The van der Waals surface area contributed by atoms with E-state index in [2.05, 4.69) is 20.7 Å². The molecule has 11 nitrogen and oxygen atoms in total. The highest BCUT2D eigenvalue weighted by Crippen LogP contribution is 2.18. The van der Waals surface area contributed by atoms with Gasteiger partial charge in [0.25, 0.3) is 0 Å². The number of aryl methyl sites for hydroxylation is 1. The van der Waals surface area contributed by atoms with Crippen LogP contribution in [0.15, 0.2) is 71.6 Å². The van der Waals surface area contributed by atoms with Crippen LogP contribution in [0, 0.1) is 6.92 Å². The summed E-state index contributed by atoms with van der Waals surface area (Å²) in [5, 5.41) is 10.1. The molecule has 2 atom stereocenters. The van der Waals surface area contributed by atoms with Crippen molar-refractivity contribution in [1.82, 2.24) is 20.7 Å². The lowest BCUT2D eigenvalue weighted by Crippen LogP contribution is -2.57. The number of sulfonamides is 1. The van der Waals surface area contributed by atoms with Crippen molar-refractivity contribution in [2.75, 3.05) is 26.9 Å². The molecule has 0 aliphatic carbocycles. The van der Waals surface area contributed by atoms with E-state index in [4.69, 9.17) is 9.47 Å². The third-order valence-electron chi connectivity index (χ3n) is 6.64. The van der Waals surface area contributed by atoms with Gasteiger partial charge in [-0.1, -0.05) is 60.2 Å². The molecule has 12 heteroatoms. The first kappa shape index (κ1) is 30.1. The number of hydrogen-bond donors (Lipinski definition) is 4. The molecule has 4 N–H and O–H groups in total. The molecule has 0 radical (unpaired) electrons. The summed E-state index contributed by atoms with van der Waals surface area (Å²) in [5.74, 6) is -1.90. The minimum atomic E-state index is -4.17. The molecule has 1 saturated heterocycles. The number of amides is 3. The van der Waals surface area contributed by atoms with Gasteiger partial charge in [0.15, 0.2) is 0 Å². The van der Waals surface area contributed by atoms with E-state index in [1.54, 1.807) is 12.1 Å². The van der Waals surface area contributed by atoms with Crippen LogP contribution in [-0.4, -0.2) is 71.2 Å². The summed E-state index contributed by atoms with van der Waals surface area (Å²) < 4.78 is 38.7. The average Bonchev–Trinajstić information content (AvgIpc) is 2.93. The summed E-state index contributed by atoms with van der Waals surface area (Å²) in [4.78, 5) is 39.1. The Morgan fingerprint density at radius 2 is 1.66 bits per heavy atom. The monoisotopic (exact) mass is 582 g/mol. The molecule has 3 aromatic rings. The molecule has 0 bridgehead atoms. The number of rotatable bonds is 13. The molecule has 1 aliphatic rings. The summed E-state index contributed by atoms with van der Waals surface area (Å²) in [5.41, 5.74) is 1.75. The highest BCUT2D eigenvalue weighted by atomic mass is 32.2. The van der Waals surface area contributed by atoms with Gasteiger partial charge in [-0.05, 0) is 35.4 Å². The van der Waals surface area contributed by atoms with Gasteiger partial charge in [-0.15, -0.1) is 0 Å². The van der Waals surface area contributed by atoms with Crippen LogP contribution >= 0.6 is 0 Å². The van der Waals surface area contributed by atoms with Gasteiger partial charge >= 0.3 is 0 Å². The lowest BCUT2D eigenvalue weighted by atomic mass is 10.0. The third kappa shape index (κ3) is 8.10. The predicted molar refractivity (Wildman–Crippen MR) is 152 cm³/mol. The Morgan fingerprint density at radius 1 is 0.951 bits per heavy atom. The minimum Gasteiger partial charge on any atom is -0.382 e. The first-order valence-electron chi connectivity index (χ1n) is 13.2. The van der Waals surface area contributed by atoms with E-state index in [1.165, 1.54) is 19.2 Å². The van der Waals surface area contributed by atoms with Crippen molar-refractivity contribution in [3.8, 4) is 0 Å². The Bertz CT molecular complexity index is 1490. The quantitative estimate of drug-likeness (QED) is 0.236. The summed E-state index contributed by atoms with van der Waals surface area (Å²) >= 11 is 0. The maximum absolute atomic E-state index is 13.4. The van der Waals surface area contributed by atoms with Crippen LogP contribution < -0.4 is 20.7 Å². The van der Waals surface area contributed by atoms with Crippen molar-refractivity contribution in [2.45, 2.75) is 42.9 Å². The molecule has 1 unspecified atom stereocenters. The molecule has 3 aromatic carbocycles. The maximum Gasteiger partial charge on any atom is 0.245 e. The van der Waals surface area contributed by atoms with E-state index in [0.29, 0.717) is 13.2 Å². The summed E-state index contributed by atoms with van der Waals surface area (Å²) in [6.07, 6.45) is -0.481. The lowest BCUT2D eigenvalue weighted by Gasteiger charge is -2.28. The van der Waals surface area contributed by atoms with Crippen molar-refractivity contribution in [1.29, 1.82) is 0 Å². The number of ether oxygens (including phenoxy) is 2. The number of hydrogen-bond acceptors (Lipinski definition) is 7. The van der Waals surface area contributed by atoms with Crippen LogP contribution in [0.4, 0.5) is 0 Å². The minimum absolute atomic E-state index is 0.0602. The van der Waals surface area contributed by atoms with E-state index in [0.717, 1.165) is 21.9 Å². The fraction of sp³-hybridized carbons (Fsp3) is 0.345. The molecule has 4 rings (SSSR count). The molecule has 1 aliphatic heterocycles. The molecule has 41 heavy (non-hydrogen) atoms. The van der Waals surface area contributed by atoms with E-state index in [9.17, 15) is 22.8 Å². The van der Waals surface area contributed by atoms with Crippen molar-refractivity contribution >= 4 is 38.5 Å². The molecule has 218 valence electrons.